The van der Waals surface area contributed by atoms with Crippen LogP contribution < -0.4 is 10.1 Å². The number of carbonyl (C=O) groups is 1. The number of amides is 1. The van der Waals surface area contributed by atoms with Gasteiger partial charge in [-0.05, 0) is 49.2 Å². The Morgan fingerprint density at radius 3 is 1.95 bits per heavy atom. The molecule has 43 heavy (non-hydrogen) atoms. The van der Waals surface area contributed by atoms with Gasteiger partial charge in [-0.25, -0.2) is 13.3 Å². The topological polar surface area (TPSA) is 105 Å². The number of methoxy groups -OCH3 is 1. The van der Waals surface area contributed by atoms with E-state index in [0.717, 1.165) is 42.9 Å². The molecular formula is C34H54N2O6S. The summed E-state index contributed by atoms with van der Waals surface area (Å²) in [5.41, 5.74) is 1.90. The Bertz CT molecular complexity index is 1150. The summed E-state index contributed by atoms with van der Waals surface area (Å²) in [7, 11) is 1.54. The van der Waals surface area contributed by atoms with Crippen LogP contribution in [0.1, 0.15) is 88.7 Å². The molecule has 0 spiro atoms. The molecule has 8 nitrogen and oxygen atoms in total. The second-order valence-electron chi connectivity index (χ2n) is 11.3. The van der Waals surface area contributed by atoms with E-state index in [4.69, 9.17) is 9.57 Å². The van der Waals surface area contributed by atoms with Gasteiger partial charge in [0.2, 0.25) is 5.91 Å². The highest BCUT2D eigenvalue weighted by molar-refractivity contribution is 7.85. The van der Waals surface area contributed by atoms with Crippen molar-refractivity contribution in [3.8, 4) is 5.75 Å². The minimum atomic E-state index is -4.27. The molecule has 242 valence electrons. The number of unbranched alkanes of at least 4 members (excludes halogenated alkanes) is 9. The molecule has 0 aliphatic carbocycles. The number of nitrogens with zero attached hydrogens (tertiary/aromatic N) is 1. The molecule has 1 N–H and O–H groups in total. The number of quaternary nitrogens is 1. The Kier molecular flexibility index (Phi) is 19.5. The van der Waals surface area contributed by atoms with Crippen LogP contribution in [0.15, 0.2) is 59.5 Å². The van der Waals surface area contributed by atoms with Gasteiger partial charge in [0.25, 0.3) is 0 Å². The molecule has 9 heteroatoms. The number of aryl methyl sites for hydroxylation is 1. The highest BCUT2D eigenvalue weighted by Crippen LogP contribution is 2.13. The van der Waals surface area contributed by atoms with Crippen LogP contribution in [0.3, 0.4) is 0 Å². The molecule has 0 bridgehead atoms. The smallest absolute Gasteiger partial charge is 0.244 e. The first-order chi connectivity index (χ1) is 20.5. The molecule has 0 atom stereocenters. The molecule has 0 fully saturated rings. The van der Waals surface area contributed by atoms with Gasteiger partial charge >= 0.3 is 0 Å². The predicted octanol–water partition coefficient (Wildman–Crippen LogP) is 7.04. The Morgan fingerprint density at radius 1 is 0.860 bits per heavy atom. The largest absolute Gasteiger partial charge is 0.744 e. The lowest BCUT2D eigenvalue weighted by atomic mass is 10.1. The van der Waals surface area contributed by atoms with Gasteiger partial charge in [0.15, 0.2) is 0 Å². The summed E-state index contributed by atoms with van der Waals surface area (Å²) >= 11 is 0. The Hall–Kier alpha value is -2.72. The van der Waals surface area contributed by atoms with E-state index in [-0.39, 0.29) is 10.8 Å². The zero-order valence-corrected chi connectivity index (χ0v) is 27.8. The van der Waals surface area contributed by atoms with E-state index in [0.29, 0.717) is 11.2 Å². The normalized spacial score (nSPS) is 11.7. The Labute approximate surface area is 260 Å². The first-order valence-electron chi connectivity index (χ1n) is 15.6. The molecule has 0 saturated carbocycles. The van der Waals surface area contributed by atoms with E-state index >= 15 is 0 Å². The number of hydrogen-bond acceptors (Lipinski definition) is 6. The minimum absolute atomic E-state index is 0.0718. The number of rotatable bonds is 20. The van der Waals surface area contributed by atoms with Crippen LogP contribution in [-0.2, 0) is 19.8 Å². The molecule has 0 saturated heterocycles. The maximum atomic E-state index is 12.0. The van der Waals surface area contributed by atoms with Gasteiger partial charge in [0, 0.05) is 19.0 Å². The van der Waals surface area contributed by atoms with E-state index in [1.165, 1.54) is 69.9 Å². The third-order valence-electron chi connectivity index (χ3n) is 6.96. The standard InChI is InChI=1S/C27H46N2O3.C7H8O3S/c1-5-6-7-8-9-10-11-12-13-14-24-32-29(2,3)23-15-22-28-27(30)21-18-25-16-19-26(31-4)20-17-25;1-6-2-4-7(5-3-6)11(8,9)10/h16-21H,5-15,22-24H2,1-4H3;2-5H,1H3,(H,8,9,10)/b21-18+;. The number of ether oxygens (including phenoxy) is 1. The number of carbonyl (C=O) groups excluding carboxylic acids is 1. The third kappa shape index (κ3) is 20.0. The van der Waals surface area contributed by atoms with Crippen molar-refractivity contribution in [3.05, 3.63) is 65.7 Å². The highest BCUT2D eigenvalue weighted by Gasteiger charge is 2.16. The summed E-state index contributed by atoms with van der Waals surface area (Å²) in [5.74, 6) is 0.736. The average molecular weight is 619 g/mol. The second kappa shape index (κ2) is 21.9. The van der Waals surface area contributed by atoms with Crippen LogP contribution in [0.2, 0.25) is 0 Å². The van der Waals surface area contributed by atoms with Gasteiger partial charge in [-0.2, -0.15) is 4.65 Å². The van der Waals surface area contributed by atoms with E-state index in [9.17, 15) is 17.8 Å². The number of nitrogens with one attached hydrogen (secondary N) is 1. The van der Waals surface area contributed by atoms with Crippen molar-refractivity contribution in [2.75, 3.05) is 40.9 Å². The first kappa shape index (κ1) is 38.3. The molecule has 0 aromatic heterocycles. The van der Waals surface area contributed by atoms with Crippen LogP contribution in [-0.4, -0.2) is 64.4 Å². The van der Waals surface area contributed by atoms with Crippen LogP contribution in [0, 0.1) is 6.92 Å². The molecular weight excluding hydrogens is 564 g/mol. The van der Waals surface area contributed by atoms with E-state index in [2.05, 4.69) is 26.3 Å². The Morgan fingerprint density at radius 2 is 1.42 bits per heavy atom. The zero-order chi connectivity index (χ0) is 32.0. The lowest BCUT2D eigenvalue weighted by Gasteiger charge is -2.27. The Balaban J connectivity index is 0.000000699. The first-order valence-corrected chi connectivity index (χ1v) is 17.0. The summed E-state index contributed by atoms with van der Waals surface area (Å²) in [4.78, 5) is 17.8. The lowest BCUT2D eigenvalue weighted by molar-refractivity contribution is -1.08. The molecule has 0 radical (unpaired) electrons. The molecule has 2 aromatic rings. The molecule has 1 amide bonds. The van der Waals surface area contributed by atoms with Gasteiger partial charge in [-0.1, -0.05) is 94.5 Å². The van der Waals surface area contributed by atoms with E-state index in [1.807, 2.05) is 37.3 Å². The predicted molar refractivity (Wildman–Crippen MR) is 174 cm³/mol. The second-order valence-corrected chi connectivity index (χ2v) is 12.7. The van der Waals surface area contributed by atoms with Crippen molar-refractivity contribution in [3.63, 3.8) is 0 Å². The zero-order valence-electron chi connectivity index (χ0n) is 27.0. The molecule has 2 aromatic carbocycles. The van der Waals surface area contributed by atoms with E-state index in [1.54, 1.807) is 25.3 Å². The summed E-state index contributed by atoms with van der Waals surface area (Å²) in [5, 5.41) is 2.94. The van der Waals surface area contributed by atoms with Gasteiger partial charge in [0.05, 0.1) is 26.1 Å². The van der Waals surface area contributed by atoms with Crippen LogP contribution in [0.25, 0.3) is 6.08 Å². The molecule has 2 rings (SSSR count). The average Bonchev–Trinajstić information content (AvgIpc) is 2.97. The molecule has 0 heterocycles. The maximum absolute atomic E-state index is 12.0. The van der Waals surface area contributed by atoms with Crippen molar-refractivity contribution in [2.24, 2.45) is 0 Å². The number of benzene rings is 2. The van der Waals surface area contributed by atoms with Crippen LogP contribution in [0.4, 0.5) is 0 Å². The minimum Gasteiger partial charge on any atom is -0.744 e. The fraction of sp³-hybridized carbons (Fsp3) is 0.559. The monoisotopic (exact) mass is 618 g/mol. The van der Waals surface area contributed by atoms with Gasteiger partial charge in [0.1, 0.15) is 29.0 Å². The summed E-state index contributed by atoms with van der Waals surface area (Å²) in [6, 6.07) is 13.4. The highest BCUT2D eigenvalue weighted by atomic mass is 32.2. The van der Waals surface area contributed by atoms with Crippen LogP contribution in [0.5, 0.6) is 5.75 Å². The summed E-state index contributed by atoms with van der Waals surface area (Å²) < 4.78 is 36.8. The molecule has 0 aliphatic rings. The van der Waals surface area contributed by atoms with Gasteiger partial charge in [-0.15, -0.1) is 0 Å². The van der Waals surface area contributed by atoms with Crippen molar-refractivity contribution in [1.82, 2.24) is 5.32 Å². The SMILES string of the molecule is CCCCCCCCCCCCO[N+](C)(C)CCCNC(=O)/C=C/c1ccc(OC)cc1.Cc1ccc(S(=O)(=O)[O-])cc1. The van der Waals surface area contributed by atoms with Crippen molar-refractivity contribution in [2.45, 2.75) is 89.4 Å². The maximum Gasteiger partial charge on any atom is 0.244 e. The summed E-state index contributed by atoms with van der Waals surface area (Å²) in [6.07, 6.45) is 17.6. The number of hydrogen-bond donors (Lipinski definition) is 1. The van der Waals surface area contributed by atoms with Crippen molar-refractivity contribution < 1.29 is 32.0 Å². The van der Waals surface area contributed by atoms with Gasteiger partial charge < -0.3 is 14.6 Å². The van der Waals surface area contributed by atoms with Crippen molar-refractivity contribution in [1.29, 1.82) is 0 Å². The van der Waals surface area contributed by atoms with Gasteiger partial charge in [-0.3, -0.25) is 4.79 Å². The molecule has 0 unspecified atom stereocenters. The fourth-order valence-corrected chi connectivity index (χ4v) is 4.76. The van der Waals surface area contributed by atoms with E-state index < -0.39 is 10.1 Å². The number of hydroxylamine groups is 3. The fourth-order valence-electron chi connectivity index (χ4n) is 4.29. The summed E-state index contributed by atoms with van der Waals surface area (Å²) in [6.45, 7) is 6.42. The van der Waals surface area contributed by atoms with Crippen molar-refractivity contribution >= 4 is 22.1 Å². The molecule has 0 aliphatic heterocycles. The third-order valence-corrected chi connectivity index (χ3v) is 7.81. The van der Waals surface area contributed by atoms with Crippen LogP contribution >= 0.6 is 0 Å². The lowest BCUT2D eigenvalue weighted by Crippen LogP contribution is -2.42. The quantitative estimate of drug-likeness (QED) is 0.0561.